The number of anilines is 2. The molecule has 0 saturated carbocycles. The predicted octanol–water partition coefficient (Wildman–Crippen LogP) is 1.81. The molecule has 0 spiro atoms. The molecule has 0 radical (unpaired) electrons. The molecule has 0 bridgehead atoms. The highest BCUT2D eigenvalue weighted by Crippen LogP contribution is 2.18. The smallest absolute Gasteiger partial charge is 0.207 e. The second-order valence-electron chi connectivity index (χ2n) is 4.04. The van der Waals surface area contributed by atoms with Gasteiger partial charge >= 0.3 is 0 Å². The van der Waals surface area contributed by atoms with Gasteiger partial charge in [0.25, 0.3) is 0 Å². The maximum absolute atomic E-state index is 5.60. The normalized spacial score (nSPS) is 10.3. The number of aromatic nitrogens is 2. The van der Waals surface area contributed by atoms with Gasteiger partial charge in [0.2, 0.25) is 5.13 Å². The van der Waals surface area contributed by atoms with Crippen LogP contribution in [-0.4, -0.2) is 30.9 Å². The topological polar surface area (TPSA) is 64.3 Å². The lowest BCUT2D eigenvalue weighted by atomic mass is 10.3. The highest BCUT2D eigenvalue weighted by atomic mass is 32.1. The summed E-state index contributed by atoms with van der Waals surface area (Å²) in [5.41, 5.74) is 6.34. The van der Waals surface area contributed by atoms with Crippen LogP contribution in [0.3, 0.4) is 0 Å². The zero-order chi connectivity index (χ0) is 13.0. The van der Waals surface area contributed by atoms with E-state index in [4.69, 9.17) is 10.5 Å². The molecule has 0 unspecified atom stereocenters. The first-order valence-electron chi connectivity index (χ1n) is 5.63. The first-order valence-corrected chi connectivity index (χ1v) is 6.45. The molecular weight excluding hydrogens is 248 g/mol. The molecule has 1 aromatic carbocycles. The van der Waals surface area contributed by atoms with Gasteiger partial charge in [-0.1, -0.05) is 11.3 Å². The average molecular weight is 264 g/mol. The Morgan fingerprint density at radius 1 is 1.22 bits per heavy atom. The molecule has 0 aliphatic carbocycles. The van der Waals surface area contributed by atoms with Gasteiger partial charge in [0.1, 0.15) is 10.8 Å². The number of ether oxygens (including phenoxy) is 1. The molecule has 5 nitrogen and oxygen atoms in total. The third-order valence-corrected chi connectivity index (χ3v) is 3.45. The number of hydrogen-bond donors (Lipinski definition) is 1. The first-order chi connectivity index (χ1) is 8.65. The molecule has 18 heavy (non-hydrogen) atoms. The third kappa shape index (κ3) is 3.33. The van der Waals surface area contributed by atoms with E-state index in [0.717, 1.165) is 28.0 Å². The molecular formula is C12H16N4OS. The Balaban J connectivity index is 1.82. The fourth-order valence-electron chi connectivity index (χ4n) is 1.35. The van der Waals surface area contributed by atoms with E-state index < -0.39 is 0 Å². The zero-order valence-electron chi connectivity index (χ0n) is 10.5. The molecule has 0 amide bonds. The van der Waals surface area contributed by atoms with Crippen molar-refractivity contribution < 1.29 is 4.74 Å². The van der Waals surface area contributed by atoms with E-state index in [0.29, 0.717) is 6.61 Å². The van der Waals surface area contributed by atoms with Gasteiger partial charge in [0.15, 0.2) is 0 Å². The van der Waals surface area contributed by atoms with Gasteiger partial charge in [-0.05, 0) is 24.3 Å². The second kappa shape index (κ2) is 5.68. The number of nitrogens with two attached hydrogens (primary N) is 1. The van der Waals surface area contributed by atoms with E-state index in [1.54, 1.807) is 11.3 Å². The Kier molecular flexibility index (Phi) is 3.99. The summed E-state index contributed by atoms with van der Waals surface area (Å²) in [6.07, 6.45) is 0.760. The van der Waals surface area contributed by atoms with Gasteiger partial charge in [-0.2, -0.15) is 0 Å². The van der Waals surface area contributed by atoms with Gasteiger partial charge < -0.3 is 15.4 Å². The number of nitrogens with zero attached hydrogens (tertiary/aromatic N) is 3. The number of benzene rings is 1. The number of nitrogen functional groups attached to an aromatic ring is 1. The summed E-state index contributed by atoms with van der Waals surface area (Å²) in [4.78, 5) is 1.95. The molecule has 0 fully saturated rings. The largest absolute Gasteiger partial charge is 0.493 e. The van der Waals surface area contributed by atoms with Crippen LogP contribution in [0.5, 0.6) is 5.75 Å². The van der Waals surface area contributed by atoms with Crippen molar-refractivity contribution in [3.8, 4) is 5.75 Å². The van der Waals surface area contributed by atoms with Crippen molar-refractivity contribution in [2.75, 3.05) is 31.3 Å². The van der Waals surface area contributed by atoms with Gasteiger partial charge in [0.05, 0.1) is 6.61 Å². The maximum Gasteiger partial charge on any atom is 0.207 e. The summed E-state index contributed by atoms with van der Waals surface area (Å²) in [5, 5.41) is 10.1. The minimum absolute atomic E-state index is 0.589. The van der Waals surface area contributed by atoms with E-state index in [1.165, 1.54) is 0 Å². The van der Waals surface area contributed by atoms with Gasteiger partial charge in [-0.25, -0.2) is 0 Å². The molecule has 0 aliphatic rings. The Labute approximate surface area is 110 Å². The summed E-state index contributed by atoms with van der Waals surface area (Å²) in [6.45, 7) is 0.589. The molecule has 1 heterocycles. The monoisotopic (exact) mass is 264 g/mol. The fraction of sp³-hybridized carbons (Fsp3) is 0.333. The lowest BCUT2D eigenvalue weighted by Crippen LogP contribution is -2.07. The molecule has 0 atom stereocenters. The summed E-state index contributed by atoms with van der Waals surface area (Å²) in [5.74, 6) is 0.821. The molecule has 2 aromatic rings. The molecule has 1 aromatic heterocycles. The molecule has 2 N–H and O–H groups in total. The van der Waals surface area contributed by atoms with Crippen LogP contribution in [0.15, 0.2) is 24.3 Å². The van der Waals surface area contributed by atoms with E-state index in [-0.39, 0.29) is 0 Å². The number of hydrogen-bond acceptors (Lipinski definition) is 6. The summed E-state index contributed by atoms with van der Waals surface area (Å²) in [7, 11) is 3.91. The summed E-state index contributed by atoms with van der Waals surface area (Å²) < 4.78 is 5.60. The van der Waals surface area contributed by atoms with Crippen LogP contribution in [0.25, 0.3) is 0 Å². The van der Waals surface area contributed by atoms with Gasteiger partial charge in [-0.15, -0.1) is 10.2 Å². The minimum Gasteiger partial charge on any atom is -0.493 e. The van der Waals surface area contributed by atoms with Crippen molar-refractivity contribution in [3.05, 3.63) is 29.3 Å². The van der Waals surface area contributed by atoms with Crippen molar-refractivity contribution in [3.63, 3.8) is 0 Å². The van der Waals surface area contributed by atoms with Crippen LogP contribution in [0, 0.1) is 0 Å². The fourth-order valence-corrected chi connectivity index (χ4v) is 2.09. The van der Waals surface area contributed by atoms with Gasteiger partial charge in [-0.3, -0.25) is 0 Å². The summed E-state index contributed by atoms with van der Waals surface area (Å²) in [6, 6.07) is 7.37. The van der Waals surface area contributed by atoms with E-state index >= 15 is 0 Å². The third-order valence-electron chi connectivity index (χ3n) is 2.30. The van der Waals surface area contributed by atoms with Crippen molar-refractivity contribution in [1.82, 2.24) is 10.2 Å². The molecule has 96 valence electrons. The first kappa shape index (κ1) is 12.6. The van der Waals surface area contributed by atoms with Crippen molar-refractivity contribution in [1.29, 1.82) is 0 Å². The second-order valence-corrected chi connectivity index (χ2v) is 5.08. The highest BCUT2D eigenvalue weighted by Gasteiger charge is 2.05. The predicted molar refractivity (Wildman–Crippen MR) is 74.3 cm³/mol. The Bertz CT molecular complexity index is 495. The van der Waals surface area contributed by atoms with Crippen LogP contribution < -0.4 is 15.4 Å². The van der Waals surface area contributed by atoms with E-state index in [1.807, 2.05) is 43.3 Å². The molecule has 0 aliphatic heterocycles. The van der Waals surface area contributed by atoms with Crippen LogP contribution >= 0.6 is 11.3 Å². The lowest BCUT2D eigenvalue weighted by Gasteiger charge is -2.05. The molecule has 6 heteroatoms. The highest BCUT2D eigenvalue weighted by molar-refractivity contribution is 7.15. The van der Waals surface area contributed by atoms with E-state index in [2.05, 4.69) is 10.2 Å². The SMILES string of the molecule is CN(C)c1nnc(CCOc2ccc(N)cc2)s1. The average Bonchev–Trinajstić information content (AvgIpc) is 2.81. The Morgan fingerprint density at radius 3 is 2.56 bits per heavy atom. The van der Waals surface area contributed by atoms with Crippen molar-refractivity contribution in [2.24, 2.45) is 0 Å². The van der Waals surface area contributed by atoms with Crippen LogP contribution in [0.2, 0.25) is 0 Å². The molecule has 0 saturated heterocycles. The lowest BCUT2D eigenvalue weighted by molar-refractivity contribution is 0.321. The summed E-state index contributed by atoms with van der Waals surface area (Å²) >= 11 is 1.58. The minimum atomic E-state index is 0.589. The quantitative estimate of drug-likeness (QED) is 0.834. The Hall–Kier alpha value is -1.82. The Morgan fingerprint density at radius 2 is 1.94 bits per heavy atom. The van der Waals surface area contributed by atoms with Crippen LogP contribution in [0.4, 0.5) is 10.8 Å². The maximum atomic E-state index is 5.60. The number of rotatable bonds is 5. The zero-order valence-corrected chi connectivity index (χ0v) is 11.3. The van der Waals surface area contributed by atoms with Crippen LogP contribution in [0.1, 0.15) is 5.01 Å². The van der Waals surface area contributed by atoms with Crippen molar-refractivity contribution >= 4 is 22.2 Å². The van der Waals surface area contributed by atoms with Crippen LogP contribution in [-0.2, 0) is 6.42 Å². The molecule has 2 rings (SSSR count). The van der Waals surface area contributed by atoms with E-state index in [9.17, 15) is 0 Å². The van der Waals surface area contributed by atoms with Crippen molar-refractivity contribution in [2.45, 2.75) is 6.42 Å². The van der Waals surface area contributed by atoms with Gasteiger partial charge in [0, 0.05) is 26.2 Å². The standard InChI is InChI=1S/C12H16N4OS/c1-16(2)12-15-14-11(18-12)7-8-17-10-5-3-9(13)4-6-10/h3-6H,7-8,13H2,1-2H3.